The molecule has 0 bridgehead atoms. The average Bonchev–Trinajstić information content (AvgIpc) is 3.00. The van der Waals surface area contributed by atoms with E-state index in [1.54, 1.807) is 0 Å². The van der Waals surface area contributed by atoms with E-state index >= 15 is 0 Å². The molecule has 6 heteroatoms. The summed E-state index contributed by atoms with van der Waals surface area (Å²) in [6.45, 7) is 13.7. The van der Waals surface area contributed by atoms with E-state index in [1.807, 2.05) is 31.7 Å². The number of hydrogen-bond donors (Lipinski definition) is 2. The number of nitrogens with two attached hydrogens (primary N) is 1. The number of piperidine rings is 1. The highest BCUT2D eigenvalue weighted by molar-refractivity contribution is 5.69. The molecule has 2 heterocycles. The molecule has 0 aromatic heterocycles. The number of nitrogen functional groups attached to an aromatic ring is 1. The number of rotatable bonds is 3. The van der Waals surface area contributed by atoms with Crippen LogP contribution in [-0.4, -0.2) is 59.3 Å². The van der Waals surface area contributed by atoms with Gasteiger partial charge in [0.05, 0.1) is 11.4 Å². The van der Waals surface area contributed by atoms with Crippen LogP contribution in [0.25, 0.3) is 0 Å². The van der Waals surface area contributed by atoms with E-state index in [4.69, 9.17) is 10.5 Å². The Labute approximate surface area is 169 Å². The summed E-state index contributed by atoms with van der Waals surface area (Å²) < 4.78 is 5.55. The normalized spacial score (nSPS) is 24.4. The van der Waals surface area contributed by atoms with Gasteiger partial charge in [0.15, 0.2) is 0 Å². The first-order valence-corrected chi connectivity index (χ1v) is 10.4. The number of anilines is 2. The van der Waals surface area contributed by atoms with E-state index in [1.165, 1.54) is 5.56 Å². The molecule has 28 heavy (non-hydrogen) atoms. The Hall–Kier alpha value is -1.95. The number of benzene rings is 1. The Morgan fingerprint density at radius 2 is 1.93 bits per heavy atom. The molecule has 1 amide bonds. The van der Waals surface area contributed by atoms with Crippen LogP contribution in [0.5, 0.6) is 0 Å². The number of nitrogens with zero attached hydrogens (tertiary/aromatic N) is 2. The van der Waals surface area contributed by atoms with Crippen molar-refractivity contribution in [2.24, 2.45) is 0 Å². The molecular formula is C22H36N4O2. The van der Waals surface area contributed by atoms with E-state index in [0.717, 1.165) is 56.8 Å². The molecule has 2 fully saturated rings. The molecule has 6 nitrogen and oxygen atoms in total. The smallest absolute Gasteiger partial charge is 0.410 e. The SMILES string of the molecule is Cc1ccc(NC2CCN(C3(C)CCN(C(=O)OC(C)(C)C)C3)CC2)c(N)c1. The predicted molar refractivity (Wildman–Crippen MR) is 115 cm³/mol. The third-order valence-electron chi connectivity index (χ3n) is 5.93. The van der Waals surface area contributed by atoms with E-state index in [9.17, 15) is 4.79 Å². The zero-order valence-corrected chi connectivity index (χ0v) is 18.0. The molecular weight excluding hydrogens is 352 g/mol. The van der Waals surface area contributed by atoms with Gasteiger partial charge in [0.25, 0.3) is 0 Å². The van der Waals surface area contributed by atoms with Gasteiger partial charge in [-0.1, -0.05) is 6.07 Å². The molecule has 0 aliphatic carbocycles. The van der Waals surface area contributed by atoms with Gasteiger partial charge in [-0.25, -0.2) is 4.79 Å². The number of nitrogens with one attached hydrogen (secondary N) is 1. The van der Waals surface area contributed by atoms with Gasteiger partial charge in [-0.2, -0.15) is 0 Å². The molecule has 3 N–H and O–H groups in total. The first kappa shape index (κ1) is 20.8. The highest BCUT2D eigenvalue weighted by Crippen LogP contribution is 2.32. The molecule has 3 rings (SSSR count). The highest BCUT2D eigenvalue weighted by atomic mass is 16.6. The molecule has 0 saturated carbocycles. The summed E-state index contributed by atoms with van der Waals surface area (Å²) in [5, 5.41) is 3.62. The summed E-state index contributed by atoms with van der Waals surface area (Å²) in [7, 11) is 0. The van der Waals surface area contributed by atoms with Crippen molar-refractivity contribution in [3.8, 4) is 0 Å². The first-order chi connectivity index (χ1) is 13.1. The Bertz CT molecular complexity index is 707. The van der Waals surface area contributed by atoms with Gasteiger partial charge in [0.1, 0.15) is 5.60 Å². The molecule has 0 radical (unpaired) electrons. The second-order valence-corrected chi connectivity index (χ2v) is 9.65. The zero-order valence-electron chi connectivity index (χ0n) is 18.0. The van der Waals surface area contributed by atoms with Crippen LogP contribution in [0.4, 0.5) is 16.2 Å². The largest absolute Gasteiger partial charge is 0.444 e. The Balaban J connectivity index is 1.52. The maximum absolute atomic E-state index is 12.4. The lowest BCUT2D eigenvalue weighted by molar-refractivity contribution is 0.0232. The minimum atomic E-state index is -0.447. The van der Waals surface area contributed by atoms with Gasteiger partial charge in [-0.05, 0) is 71.6 Å². The van der Waals surface area contributed by atoms with Crippen LogP contribution in [0.3, 0.4) is 0 Å². The molecule has 0 spiro atoms. The fourth-order valence-electron chi connectivity index (χ4n) is 4.28. The van der Waals surface area contributed by atoms with E-state index in [2.05, 4.69) is 36.2 Å². The van der Waals surface area contributed by atoms with Gasteiger partial charge in [-0.15, -0.1) is 0 Å². The molecule has 1 unspecified atom stereocenters. The standard InChI is InChI=1S/C22H36N4O2/c1-16-6-7-19(18(23)14-16)24-17-8-11-26(12-9-17)22(5)10-13-25(15-22)20(27)28-21(2,3)4/h6-7,14,17,24H,8-13,15,23H2,1-5H3. The fourth-order valence-corrected chi connectivity index (χ4v) is 4.28. The van der Waals surface area contributed by atoms with Crippen LogP contribution in [0.2, 0.25) is 0 Å². The van der Waals surface area contributed by atoms with Crippen molar-refractivity contribution in [1.29, 1.82) is 0 Å². The number of carbonyl (C=O) groups excluding carboxylic acids is 1. The number of hydrogen-bond acceptors (Lipinski definition) is 5. The van der Waals surface area contributed by atoms with E-state index in [-0.39, 0.29) is 11.6 Å². The minimum Gasteiger partial charge on any atom is -0.444 e. The van der Waals surface area contributed by atoms with Crippen LogP contribution in [-0.2, 0) is 4.74 Å². The monoisotopic (exact) mass is 388 g/mol. The van der Waals surface area contributed by atoms with Gasteiger partial charge in [0.2, 0.25) is 0 Å². The second kappa shape index (κ2) is 7.82. The minimum absolute atomic E-state index is 0.0325. The predicted octanol–water partition coefficient (Wildman–Crippen LogP) is 3.85. The Kier molecular flexibility index (Phi) is 5.80. The van der Waals surface area contributed by atoms with Crippen molar-refractivity contribution in [1.82, 2.24) is 9.80 Å². The molecule has 1 atom stereocenters. The van der Waals surface area contributed by atoms with Gasteiger partial charge in [-0.3, -0.25) is 4.90 Å². The van der Waals surface area contributed by atoms with Gasteiger partial charge >= 0.3 is 6.09 Å². The summed E-state index contributed by atoms with van der Waals surface area (Å²) in [6, 6.07) is 6.63. The fraction of sp³-hybridized carbons (Fsp3) is 0.682. The first-order valence-electron chi connectivity index (χ1n) is 10.4. The lowest BCUT2D eigenvalue weighted by Crippen LogP contribution is -2.53. The van der Waals surface area contributed by atoms with Crippen molar-refractivity contribution in [3.05, 3.63) is 23.8 Å². The number of carbonyl (C=O) groups is 1. The second-order valence-electron chi connectivity index (χ2n) is 9.65. The van der Waals surface area contributed by atoms with Gasteiger partial charge in [0, 0.05) is 37.8 Å². The molecule has 2 saturated heterocycles. The van der Waals surface area contributed by atoms with Crippen molar-refractivity contribution in [2.75, 3.05) is 37.2 Å². The van der Waals surface area contributed by atoms with Crippen LogP contribution in [0.1, 0.15) is 52.5 Å². The Morgan fingerprint density at radius 1 is 1.25 bits per heavy atom. The summed E-state index contributed by atoms with van der Waals surface area (Å²) in [5.41, 5.74) is 8.77. The summed E-state index contributed by atoms with van der Waals surface area (Å²) >= 11 is 0. The lowest BCUT2D eigenvalue weighted by atomic mass is 9.93. The van der Waals surface area contributed by atoms with Gasteiger partial charge < -0.3 is 20.7 Å². The van der Waals surface area contributed by atoms with Crippen LogP contribution in [0, 0.1) is 6.92 Å². The summed E-state index contributed by atoms with van der Waals surface area (Å²) in [4.78, 5) is 16.8. The van der Waals surface area contributed by atoms with Crippen LogP contribution < -0.4 is 11.1 Å². The van der Waals surface area contributed by atoms with Crippen molar-refractivity contribution in [2.45, 2.75) is 71.1 Å². The topological polar surface area (TPSA) is 70.8 Å². The zero-order chi connectivity index (χ0) is 20.5. The highest BCUT2D eigenvalue weighted by Gasteiger charge is 2.42. The molecule has 1 aromatic carbocycles. The summed E-state index contributed by atoms with van der Waals surface area (Å²) in [6.07, 6.45) is 2.96. The van der Waals surface area contributed by atoms with Crippen molar-refractivity contribution in [3.63, 3.8) is 0 Å². The molecule has 1 aromatic rings. The van der Waals surface area contributed by atoms with Crippen molar-refractivity contribution >= 4 is 17.5 Å². The van der Waals surface area contributed by atoms with E-state index in [0.29, 0.717) is 6.04 Å². The van der Waals surface area contributed by atoms with Crippen LogP contribution in [0.15, 0.2) is 18.2 Å². The molecule has 156 valence electrons. The quantitative estimate of drug-likeness (QED) is 0.770. The van der Waals surface area contributed by atoms with E-state index < -0.39 is 5.60 Å². The number of amides is 1. The van der Waals surface area contributed by atoms with Crippen LogP contribution >= 0.6 is 0 Å². The average molecular weight is 389 g/mol. The molecule has 2 aliphatic rings. The maximum Gasteiger partial charge on any atom is 0.410 e. The van der Waals surface area contributed by atoms with Crippen molar-refractivity contribution < 1.29 is 9.53 Å². The lowest BCUT2D eigenvalue weighted by Gasteiger charge is -2.43. The number of likely N-dealkylation sites (tertiary alicyclic amines) is 2. The third kappa shape index (κ3) is 4.90. The third-order valence-corrected chi connectivity index (χ3v) is 5.93. The Morgan fingerprint density at radius 3 is 2.54 bits per heavy atom. The molecule has 2 aliphatic heterocycles. The number of ether oxygens (including phenoxy) is 1. The number of aryl methyl sites for hydroxylation is 1. The maximum atomic E-state index is 12.4. The summed E-state index contributed by atoms with van der Waals surface area (Å²) in [5.74, 6) is 0.